The van der Waals surface area contributed by atoms with E-state index in [1.165, 1.54) is 18.2 Å². The van der Waals surface area contributed by atoms with Gasteiger partial charge in [-0.3, -0.25) is 0 Å². The van der Waals surface area contributed by atoms with Crippen LogP contribution in [-0.2, 0) is 22.3 Å². The molecule has 23 heavy (non-hydrogen) atoms. The zero-order valence-corrected chi connectivity index (χ0v) is 12.4. The lowest BCUT2D eigenvalue weighted by Crippen LogP contribution is -2.25. The fourth-order valence-electron chi connectivity index (χ4n) is 1.78. The predicted molar refractivity (Wildman–Crippen MR) is 76.2 cm³/mol. The second kappa shape index (κ2) is 6.60. The van der Waals surface area contributed by atoms with Crippen molar-refractivity contribution in [3.63, 3.8) is 0 Å². The van der Waals surface area contributed by atoms with Crippen LogP contribution in [0.2, 0.25) is 0 Å². The summed E-state index contributed by atoms with van der Waals surface area (Å²) in [5, 5.41) is 17.5. The molecule has 2 N–H and O–H groups in total. The van der Waals surface area contributed by atoms with Crippen LogP contribution in [0.1, 0.15) is 27.4 Å². The third-order valence-corrected chi connectivity index (χ3v) is 4.13. The topological polar surface area (TPSA) is 120 Å². The van der Waals surface area contributed by atoms with Crippen LogP contribution in [0.3, 0.4) is 0 Å². The first-order chi connectivity index (χ1) is 10.8. The maximum atomic E-state index is 13.6. The molecule has 7 nitrogen and oxygen atoms in total. The Balaban J connectivity index is 2.07. The second-order valence-corrected chi connectivity index (χ2v) is 6.38. The molecule has 0 aliphatic heterocycles. The van der Waals surface area contributed by atoms with Gasteiger partial charge in [0.25, 0.3) is 0 Å². The minimum atomic E-state index is -3.90. The molecule has 0 amide bonds. The maximum absolute atomic E-state index is 13.6. The molecule has 0 atom stereocenters. The van der Waals surface area contributed by atoms with Gasteiger partial charge in [-0.15, -0.1) is 0 Å². The molecule has 0 radical (unpaired) electrons. The average molecular weight is 338 g/mol. The van der Waals surface area contributed by atoms with Gasteiger partial charge >= 0.3 is 5.97 Å². The van der Waals surface area contributed by atoms with Crippen molar-refractivity contribution in [2.45, 2.75) is 12.3 Å². The molecule has 0 saturated heterocycles. The number of furan rings is 1. The van der Waals surface area contributed by atoms with Gasteiger partial charge in [0.2, 0.25) is 15.8 Å². The number of nitrogens with one attached hydrogen (secondary N) is 1. The van der Waals surface area contributed by atoms with Gasteiger partial charge in [-0.1, -0.05) is 0 Å². The molecule has 2 aromatic rings. The largest absolute Gasteiger partial charge is 0.475 e. The Morgan fingerprint density at radius 2 is 2.09 bits per heavy atom. The van der Waals surface area contributed by atoms with Crippen LogP contribution in [-0.4, -0.2) is 19.5 Å². The number of benzene rings is 1. The summed E-state index contributed by atoms with van der Waals surface area (Å²) in [5.74, 6) is -2.86. The molecule has 0 saturated carbocycles. The van der Waals surface area contributed by atoms with Gasteiger partial charge in [-0.25, -0.2) is 22.3 Å². The lowest BCUT2D eigenvalue weighted by molar-refractivity contribution is 0.0660. The van der Waals surface area contributed by atoms with E-state index in [0.29, 0.717) is 0 Å². The average Bonchev–Trinajstić information content (AvgIpc) is 2.97. The molecule has 0 spiro atoms. The molecule has 0 aliphatic carbocycles. The standard InChI is InChI=1S/C14H11FN2O5S/c15-12-3-1-9(6-16)5-10(12)8-23(20,21)17-7-11-2-4-13(22-11)14(18)19/h1-5,17H,7-8H2,(H,18,19). The summed E-state index contributed by atoms with van der Waals surface area (Å²) < 4.78 is 44.6. The zero-order valence-electron chi connectivity index (χ0n) is 11.6. The van der Waals surface area contributed by atoms with Crippen molar-refractivity contribution in [3.8, 4) is 6.07 Å². The molecule has 1 heterocycles. The minimum absolute atomic E-state index is 0.109. The molecule has 0 fully saturated rings. The smallest absolute Gasteiger partial charge is 0.371 e. The van der Waals surface area contributed by atoms with Gasteiger partial charge in [-0.2, -0.15) is 5.26 Å². The number of sulfonamides is 1. The fourth-order valence-corrected chi connectivity index (χ4v) is 2.87. The lowest BCUT2D eigenvalue weighted by atomic mass is 10.1. The first-order valence-electron chi connectivity index (χ1n) is 6.28. The number of carboxylic acids is 1. The third kappa shape index (κ3) is 4.38. The predicted octanol–water partition coefficient (Wildman–Crippen LogP) is 1.61. The molecule has 0 unspecified atom stereocenters. The van der Waals surface area contributed by atoms with E-state index in [0.717, 1.165) is 12.1 Å². The van der Waals surface area contributed by atoms with E-state index < -0.39 is 27.6 Å². The molecule has 0 bridgehead atoms. The van der Waals surface area contributed by atoms with E-state index in [4.69, 9.17) is 14.8 Å². The van der Waals surface area contributed by atoms with Crippen LogP contribution in [0.25, 0.3) is 0 Å². The van der Waals surface area contributed by atoms with Crippen LogP contribution >= 0.6 is 0 Å². The van der Waals surface area contributed by atoms with Crippen molar-refractivity contribution in [2.24, 2.45) is 0 Å². The summed E-state index contributed by atoms with van der Waals surface area (Å²) in [6.45, 7) is -0.269. The normalized spacial score (nSPS) is 11.1. The summed E-state index contributed by atoms with van der Waals surface area (Å²) in [4.78, 5) is 10.7. The summed E-state index contributed by atoms with van der Waals surface area (Å²) in [7, 11) is -3.90. The number of hydrogen-bond acceptors (Lipinski definition) is 5. The monoisotopic (exact) mass is 338 g/mol. The van der Waals surface area contributed by atoms with Crippen LogP contribution in [0.5, 0.6) is 0 Å². The second-order valence-electron chi connectivity index (χ2n) is 4.57. The van der Waals surface area contributed by atoms with Crippen LogP contribution < -0.4 is 4.72 Å². The van der Waals surface area contributed by atoms with Gasteiger partial charge in [0.05, 0.1) is 23.9 Å². The third-order valence-electron chi connectivity index (χ3n) is 2.86. The Morgan fingerprint density at radius 1 is 1.35 bits per heavy atom. The first-order valence-corrected chi connectivity index (χ1v) is 7.94. The molecule has 9 heteroatoms. The SMILES string of the molecule is N#Cc1ccc(F)c(CS(=O)(=O)NCc2ccc(C(=O)O)o2)c1. The van der Waals surface area contributed by atoms with Crippen LogP contribution in [0, 0.1) is 17.1 Å². The van der Waals surface area contributed by atoms with Crippen LogP contribution in [0.4, 0.5) is 4.39 Å². The Kier molecular flexibility index (Phi) is 4.78. The molecule has 0 aliphatic rings. The molecular formula is C14H11FN2O5S. The highest BCUT2D eigenvalue weighted by atomic mass is 32.2. The van der Waals surface area contributed by atoms with Crippen LogP contribution in [0.15, 0.2) is 34.7 Å². The van der Waals surface area contributed by atoms with E-state index in [1.807, 2.05) is 0 Å². The molecule has 2 rings (SSSR count). The van der Waals surface area contributed by atoms with Gasteiger partial charge in [0.15, 0.2) is 0 Å². The number of rotatable bonds is 6. The number of nitrogens with zero attached hydrogens (tertiary/aromatic N) is 1. The van der Waals surface area contributed by atoms with Gasteiger partial charge < -0.3 is 9.52 Å². The Labute approximate surface area is 131 Å². The summed E-state index contributed by atoms with van der Waals surface area (Å²) in [6, 6.07) is 7.74. The van der Waals surface area contributed by atoms with E-state index >= 15 is 0 Å². The highest BCUT2D eigenvalue weighted by Crippen LogP contribution is 2.14. The number of carbonyl (C=O) groups is 1. The zero-order chi connectivity index (χ0) is 17.0. The molecule has 1 aromatic heterocycles. The van der Waals surface area contributed by atoms with Gasteiger partial charge in [0, 0.05) is 5.56 Å². The Bertz CT molecular complexity index is 883. The van der Waals surface area contributed by atoms with Crippen molar-refractivity contribution < 1.29 is 27.1 Å². The number of halogens is 1. The van der Waals surface area contributed by atoms with Gasteiger partial charge in [0.1, 0.15) is 11.6 Å². The Hall–Kier alpha value is -2.70. The van der Waals surface area contributed by atoms with Crippen molar-refractivity contribution in [1.29, 1.82) is 5.26 Å². The Morgan fingerprint density at radius 3 is 2.70 bits per heavy atom. The highest BCUT2D eigenvalue weighted by molar-refractivity contribution is 7.88. The molecule has 1 aromatic carbocycles. The quantitative estimate of drug-likeness (QED) is 0.825. The fraction of sp³-hybridized carbons (Fsp3) is 0.143. The van der Waals surface area contributed by atoms with Crippen molar-refractivity contribution in [2.75, 3.05) is 0 Å². The maximum Gasteiger partial charge on any atom is 0.371 e. The number of aromatic carboxylic acids is 1. The molecular weight excluding hydrogens is 327 g/mol. The summed E-state index contributed by atoms with van der Waals surface area (Å²) in [6.07, 6.45) is 0. The number of hydrogen-bond donors (Lipinski definition) is 2. The van der Waals surface area contributed by atoms with E-state index in [1.54, 1.807) is 6.07 Å². The lowest BCUT2D eigenvalue weighted by Gasteiger charge is -2.07. The van der Waals surface area contributed by atoms with E-state index in [-0.39, 0.29) is 29.2 Å². The number of nitriles is 1. The van der Waals surface area contributed by atoms with Gasteiger partial charge in [-0.05, 0) is 30.3 Å². The summed E-state index contributed by atoms with van der Waals surface area (Å²) in [5.41, 5.74) is 0.0101. The van der Waals surface area contributed by atoms with Crippen molar-refractivity contribution >= 4 is 16.0 Å². The first kappa shape index (κ1) is 16.7. The van der Waals surface area contributed by atoms with E-state index in [2.05, 4.69) is 4.72 Å². The minimum Gasteiger partial charge on any atom is -0.475 e. The summed E-state index contributed by atoms with van der Waals surface area (Å²) >= 11 is 0. The highest BCUT2D eigenvalue weighted by Gasteiger charge is 2.16. The number of carboxylic acid groups (broad SMARTS) is 1. The van der Waals surface area contributed by atoms with Crippen molar-refractivity contribution in [1.82, 2.24) is 4.72 Å². The van der Waals surface area contributed by atoms with Crippen molar-refractivity contribution in [3.05, 3.63) is 58.8 Å². The van der Waals surface area contributed by atoms with E-state index in [9.17, 15) is 17.6 Å². The molecule has 120 valence electrons.